The maximum absolute atomic E-state index is 11.7. The maximum atomic E-state index is 11.7. The Bertz CT molecular complexity index is 360. The number of carboxylic acids is 1. The van der Waals surface area contributed by atoms with Crippen LogP contribution in [-0.4, -0.2) is 17.7 Å². The summed E-state index contributed by atoms with van der Waals surface area (Å²) in [4.78, 5) is 11.7. The Morgan fingerprint density at radius 3 is 2.56 bits per heavy atom. The van der Waals surface area contributed by atoms with Gasteiger partial charge in [-0.1, -0.05) is 6.58 Å². The Morgan fingerprint density at radius 2 is 2.00 bits per heavy atom. The molecular formula is C15H22O3. The minimum atomic E-state index is -0.550. The van der Waals surface area contributed by atoms with E-state index in [0.717, 1.165) is 25.7 Å². The number of aliphatic carboxylic acids is 1. The van der Waals surface area contributed by atoms with E-state index in [9.17, 15) is 9.90 Å². The van der Waals surface area contributed by atoms with Crippen LogP contribution in [0.4, 0.5) is 0 Å². The lowest BCUT2D eigenvalue weighted by Crippen LogP contribution is -2.55. The van der Waals surface area contributed by atoms with Gasteiger partial charge in [0, 0.05) is 0 Å². The third-order valence-corrected chi connectivity index (χ3v) is 5.50. The molecule has 3 heteroatoms. The fraction of sp³-hybridized carbons (Fsp3) is 0.800. The van der Waals surface area contributed by atoms with Crippen molar-refractivity contribution in [3.63, 3.8) is 0 Å². The zero-order valence-corrected chi connectivity index (χ0v) is 10.9. The van der Waals surface area contributed by atoms with Crippen molar-refractivity contribution in [3.8, 4) is 0 Å². The molecule has 3 nitrogen and oxygen atoms in total. The molecule has 0 heterocycles. The summed E-state index contributed by atoms with van der Waals surface area (Å²) in [7, 11) is 0. The van der Waals surface area contributed by atoms with Crippen molar-refractivity contribution in [2.45, 2.75) is 44.9 Å². The topological polar surface area (TPSA) is 46.5 Å². The fourth-order valence-electron chi connectivity index (χ4n) is 5.35. The first-order valence-corrected chi connectivity index (χ1v) is 7.03. The Kier molecular flexibility index (Phi) is 2.68. The summed E-state index contributed by atoms with van der Waals surface area (Å²) in [6, 6.07) is 0. The summed E-state index contributed by atoms with van der Waals surface area (Å²) in [5.41, 5.74) is -0.163. The van der Waals surface area contributed by atoms with Crippen LogP contribution in [-0.2, 0) is 9.53 Å². The molecule has 0 radical (unpaired) electrons. The van der Waals surface area contributed by atoms with Crippen molar-refractivity contribution in [1.82, 2.24) is 0 Å². The lowest BCUT2D eigenvalue weighted by molar-refractivity contribution is -0.176. The van der Waals surface area contributed by atoms with E-state index < -0.39 is 11.4 Å². The predicted molar refractivity (Wildman–Crippen MR) is 67.9 cm³/mol. The van der Waals surface area contributed by atoms with Crippen LogP contribution in [0.15, 0.2) is 12.8 Å². The van der Waals surface area contributed by atoms with Crippen LogP contribution in [0, 0.1) is 22.7 Å². The molecule has 4 bridgehead atoms. The molecule has 0 saturated heterocycles. The molecule has 4 aliphatic rings. The quantitative estimate of drug-likeness (QED) is 0.602. The van der Waals surface area contributed by atoms with E-state index >= 15 is 0 Å². The molecule has 100 valence electrons. The first-order chi connectivity index (χ1) is 8.57. The standard InChI is InChI=1S/C15H22O3/c1-2-18-4-3-14-6-11-5-12(7-14)9-15(8-11,10-14)13(16)17/h2,11-12H,1,3-10H2,(H,16,17). The highest BCUT2D eigenvalue weighted by Gasteiger charge is 2.60. The van der Waals surface area contributed by atoms with Crippen molar-refractivity contribution in [1.29, 1.82) is 0 Å². The summed E-state index contributed by atoms with van der Waals surface area (Å²) >= 11 is 0. The van der Waals surface area contributed by atoms with Crippen LogP contribution >= 0.6 is 0 Å². The van der Waals surface area contributed by atoms with E-state index in [4.69, 9.17) is 4.74 Å². The van der Waals surface area contributed by atoms with Gasteiger partial charge in [0.05, 0.1) is 18.3 Å². The van der Waals surface area contributed by atoms with Gasteiger partial charge in [-0.05, 0) is 62.2 Å². The molecule has 0 amide bonds. The second kappa shape index (κ2) is 4.01. The number of carbonyl (C=O) groups is 1. The zero-order chi connectivity index (χ0) is 12.8. The van der Waals surface area contributed by atoms with E-state index in [1.54, 1.807) is 0 Å². The monoisotopic (exact) mass is 250 g/mol. The zero-order valence-electron chi connectivity index (χ0n) is 10.9. The van der Waals surface area contributed by atoms with Gasteiger partial charge in [-0.3, -0.25) is 4.79 Å². The molecule has 1 N–H and O–H groups in total. The van der Waals surface area contributed by atoms with Gasteiger partial charge in [0.1, 0.15) is 0 Å². The summed E-state index contributed by atoms with van der Waals surface area (Å²) in [6.07, 6.45) is 8.92. The second-order valence-corrected chi connectivity index (χ2v) is 6.83. The Balaban J connectivity index is 1.80. The van der Waals surface area contributed by atoms with Crippen LogP contribution in [0.25, 0.3) is 0 Å². The average molecular weight is 250 g/mol. The van der Waals surface area contributed by atoms with Crippen molar-refractivity contribution in [2.75, 3.05) is 6.61 Å². The van der Waals surface area contributed by atoms with E-state index in [2.05, 4.69) is 6.58 Å². The minimum Gasteiger partial charge on any atom is -0.502 e. The largest absolute Gasteiger partial charge is 0.502 e. The third-order valence-electron chi connectivity index (χ3n) is 5.50. The molecule has 0 aliphatic heterocycles. The third kappa shape index (κ3) is 1.75. The maximum Gasteiger partial charge on any atom is 0.309 e. The smallest absolute Gasteiger partial charge is 0.309 e. The molecule has 18 heavy (non-hydrogen) atoms. The molecule has 4 fully saturated rings. The number of hydrogen-bond donors (Lipinski definition) is 1. The Labute approximate surface area is 108 Å². The summed E-state index contributed by atoms with van der Waals surface area (Å²) in [6.45, 7) is 4.26. The van der Waals surface area contributed by atoms with Crippen molar-refractivity contribution in [2.24, 2.45) is 22.7 Å². The molecule has 4 saturated carbocycles. The van der Waals surface area contributed by atoms with Gasteiger partial charge in [0.15, 0.2) is 0 Å². The highest BCUT2D eigenvalue weighted by molar-refractivity contribution is 5.75. The van der Waals surface area contributed by atoms with E-state index in [0.29, 0.717) is 18.4 Å². The molecule has 0 aromatic carbocycles. The normalized spacial score (nSPS) is 44.9. The summed E-state index contributed by atoms with van der Waals surface area (Å²) in [5.74, 6) is 0.739. The van der Waals surface area contributed by atoms with Crippen molar-refractivity contribution < 1.29 is 14.6 Å². The number of hydrogen-bond acceptors (Lipinski definition) is 2. The van der Waals surface area contributed by atoms with E-state index in [1.165, 1.54) is 25.5 Å². The first kappa shape index (κ1) is 12.1. The van der Waals surface area contributed by atoms with Gasteiger partial charge in [-0.25, -0.2) is 0 Å². The van der Waals surface area contributed by atoms with E-state index in [-0.39, 0.29) is 5.41 Å². The van der Waals surface area contributed by atoms with Crippen LogP contribution < -0.4 is 0 Å². The lowest BCUT2D eigenvalue weighted by Gasteiger charge is -2.60. The lowest BCUT2D eigenvalue weighted by atomic mass is 9.43. The first-order valence-electron chi connectivity index (χ1n) is 7.03. The Hall–Kier alpha value is -0.990. The van der Waals surface area contributed by atoms with Gasteiger partial charge >= 0.3 is 5.97 Å². The number of ether oxygens (including phenoxy) is 1. The summed E-state index contributed by atoms with van der Waals surface area (Å²) in [5, 5.41) is 9.62. The van der Waals surface area contributed by atoms with Crippen LogP contribution in [0.1, 0.15) is 44.9 Å². The summed E-state index contributed by atoms with van der Waals surface area (Å²) < 4.78 is 5.28. The molecule has 2 atom stereocenters. The van der Waals surface area contributed by atoms with Crippen molar-refractivity contribution >= 4 is 5.97 Å². The highest BCUT2D eigenvalue weighted by Crippen LogP contribution is 2.66. The molecular weight excluding hydrogens is 228 g/mol. The van der Waals surface area contributed by atoms with Gasteiger partial charge in [0.2, 0.25) is 0 Å². The van der Waals surface area contributed by atoms with Crippen LogP contribution in [0.3, 0.4) is 0 Å². The molecule has 4 aliphatic carbocycles. The second-order valence-electron chi connectivity index (χ2n) is 6.83. The average Bonchev–Trinajstić information content (AvgIpc) is 2.27. The minimum absolute atomic E-state index is 0.242. The molecule has 0 aromatic heterocycles. The highest BCUT2D eigenvalue weighted by atomic mass is 16.5. The molecule has 4 rings (SSSR count). The number of carboxylic acid groups (broad SMARTS) is 1. The van der Waals surface area contributed by atoms with Gasteiger partial charge in [-0.2, -0.15) is 0 Å². The van der Waals surface area contributed by atoms with Crippen LogP contribution in [0.2, 0.25) is 0 Å². The Morgan fingerprint density at radius 1 is 1.33 bits per heavy atom. The van der Waals surface area contributed by atoms with Gasteiger partial charge < -0.3 is 9.84 Å². The predicted octanol–water partition coefficient (Wildman–Crippen LogP) is 3.21. The SMILES string of the molecule is C=COCCC12CC3CC(C1)CC(C(=O)O)(C3)C2. The fourth-order valence-corrected chi connectivity index (χ4v) is 5.35. The number of rotatable bonds is 5. The molecule has 0 spiro atoms. The van der Waals surface area contributed by atoms with Crippen molar-refractivity contribution in [3.05, 3.63) is 12.8 Å². The van der Waals surface area contributed by atoms with Gasteiger partial charge in [0.25, 0.3) is 0 Å². The van der Waals surface area contributed by atoms with Gasteiger partial charge in [-0.15, -0.1) is 0 Å². The van der Waals surface area contributed by atoms with E-state index in [1.807, 2.05) is 0 Å². The molecule has 0 aromatic rings. The van der Waals surface area contributed by atoms with Crippen LogP contribution in [0.5, 0.6) is 0 Å². The molecule has 2 unspecified atom stereocenters.